The number of anilines is 1. The van der Waals surface area contributed by atoms with E-state index in [1.54, 1.807) is 0 Å². The van der Waals surface area contributed by atoms with Gasteiger partial charge in [-0.2, -0.15) is 0 Å². The first-order chi connectivity index (χ1) is 9.92. The molecule has 3 rings (SSSR count). The monoisotopic (exact) mass is 269 g/mol. The van der Waals surface area contributed by atoms with E-state index in [0.717, 1.165) is 43.3 Å². The van der Waals surface area contributed by atoms with Crippen molar-refractivity contribution in [1.82, 2.24) is 9.97 Å². The van der Waals surface area contributed by atoms with Crippen LogP contribution in [-0.2, 0) is 4.74 Å². The van der Waals surface area contributed by atoms with Gasteiger partial charge in [0.15, 0.2) is 5.82 Å². The number of hydrogen-bond acceptors (Lipinski definition) is 4. The summed E-state index contributed by atoms with van der Waals surface area (Å²) in [5.41, 5.74) is 2.01. The first-order valence-corrected chi connectivity index (χ1v) is 7.11. The summed E-state index contributed by atoms with van der Waals surface area (Å²) in [5.74, 6) is 1.36. The molecule has 1 aromatic heterocycles. The molecule has 104 valence electrons. The lowest BCUT2D eigenvalue weighted by molar-refractivity contribution is 0.0595. The third-order valence-corrected chi connectivity index (χ3v) is 3.53. The molecule has 2 heterocycles. The molecule has 4 nitrogen and oxygen atoms in total. The first-order valence-electron chi connectivity index (χ1n) is 7.11. The van der Waals surface area contributed by atoms with Crippen molar-refractivity contribution in [3.8, 4) is 11.4 Å². The van der Waals surface area contributed by atoms with Gasteiger partial charge in [0.2, 0.25) is 0 Å². The van der Waals surface area contributed by atoms with Crippen LogP contribution in [0.2, 0.25) is 0 Å². The number of nitrogens with one attached hydrogen (secondary N) is 1. The van der Waals surface area contributed by atoms with Gasteiger partial charge in [-0.15, -0.1) is 0 Å². The summed E-state index contributed by atoms with van der Waals surface area (Å²) in [7, 11) is 0. The Bertz CT molecular complexity index is 521. The first kappa shape index (κ1) is 13.1. The maximum atomic E-state index is 5.48. The molecule has 1 aliphatic rings. The standard InChI is InChI=1S/C16H19N3O/c1-2-6-14(7-3-1)16-18-10-15(11-19-16)17-9-13-5-4-8-20-12-13/h1-3,6-7,10-11,13,17H,4-5,8-9,12H2. The molecule has 2 aromatic rings. The lowest BCUT2D eigenvalue weighted by Gasteiger charge is -2.22. The van der Waals surface area contributed by atoms with Crippen LogP contribution in [0.5, 0.6) is 0 Å². The predicted octanol–water partition coefficient (Wildman–Crippen LogP) is 2.98. The number of nitrogens with zero attached hydrogens (tertiary/aromatic N) is 2. The minimum Gasteiger partial charge on any atom is -0.382 e. The second kappa shape index (κ2) is 6.48. The fourth-order valence-electron chi connectivity index (χ4n) is 2.39. The highest BCUT2D eigenvalue weighted by molar-refractivity contribution is 5.55. The summed E-state index contributed by atoms with van der Waals surface area (Å²) in [6.45, 7) is 2.69. The van der Waals surface area contributed by atoms with Crippen molar-refractivity contribution >= 4 is 5.69 Å². The topological polar surface area (TPSA) is 47.0 Å². The Morgan fingerprint density at radius 1 is 1.15 bits per heavy atom. The maximum Gasteiger partial charge on any atom is 0.159 e. The Balaban J connectivity index is 1.58. The van der Waals surface area contributed by atoms with Crippen molar-refractivity contribution in [2.24, 2.45) is 5.92 Å². The summed E-state index contributed by atoms with van der Waals surface area (Å²) in [6, 6.07) is 10.0. The van der Waals surface area contributed by atoms with Crippen LogP contribution < -0.4 is 5.32 Å². The van der Waals surface area contributed by atoms with Gasteiger partial charge < -0.3 is 10.1 Å². The van der Waals surface area contributed by atoms with Crippen molar-refractivity contribution < 1.29 is 4.74 Å². The highest BCUT2D eigenvalue weighted by Crippen LogP contribution is 2.17. The minimum atomic E-state index is 0.595. The molecule has 20 heavy (non-hydrogen) atoms. The molecule has 0 radical (unpaired) electrons. The molecule has 1 fully saturated rings. The molecule has 0 bridgehead atoms. The lowest BCUT2D eigenvalue weighted by atomic mass is 10.0. The van der Waals surface area contributed by atoms with Gasteiger partial charge in [-0.1, -0.05) is 30.3 Å². The minimum absolute atomic E-state index is 0.595. The largest absolute Gasteiger partial charge is 0.382 e. The summed E-state index contributed by atoms with van der Waals surface area (Å²) in [5, 5.41) is 3.39. The van der Waals surface area contributed by atoms with Gasteiger partial charge in [0.1, 0.15) is 0 Å². The predicted molar refractivity (Wildman–Crippen MR) is 79.5 cm³/mol. The van der Waals surface area contributed by atoms with Crippen LogP contribution in [0.1, 0.15) is 12.8 Å². The molecule has 0 saturated carbocycles. The maximum absolute atomic E-state index is 5.48. The van der Waals surface area contributed by atoms with Gasteiger partial charge in [0, 0.05) is 18.7 Å². The van der Waals surface area contributed by atoms with Crippen molar-refractivity contribution in [3.05, 3.63) is 42.7 Å². The van der Waals surface area contributed by atoms with E-state index in [0.29, 0.717) is 5.92 Å². The fourth-order valence-corrected chi connectivity index (χ4v) is 2.39. The Hall–Kier alpha value is -1.94. The summed E-state index contributed by atoms with van der Waals surface area (Å²) < 4.78 is 5.48. The van der Waals surface area contributed by atoms with Gasteiger partial charge in [-0.25, -0.2) is 9.97 Å². The van der Waals surface area contributed by atoms with E-state index in [1.165, 1.54) is 6.42 Å². The molecule has 1 atom stereocenters. The fraction of sp³-hybridized carbons (Fsp3) is 0.375. The molecular weight excluding hydrogens is 250 g/mol. The lowest BCUT2D eigenvalue weighted by Crippen LogP contribution is -2.24. The molecule has 1 aliphatic heterocycles. The van der Waals surface area contributed by atoms with E-state index in [2.05, 4.69) is 15.3 Å². The molecule has 1 aromatic carbocycles. The van der Waals surface area contributed by atoms with Gasteiger partial charge in [-0.3, -0.25) is 0 Å². The van der Waals surface area contributed by atoms with Crippen LogP contribution in [-0.4, -0.2) is 29.7 Å². The third-order valence-electron chi connectivity index (χ3n) is 3.53. The quantitative estimate of drug-likeness (QED) is 0.927. The average molecular weight is 269 g/mol. The van der Waals surface area contributed by atoms with Gasteiger partial charge in [0.25, 0.3) is 0 Å². The number of ether oxygens (including phenoxy) is 1. The van der Waals surface area contributed by atoms with Crippen LogP contribution in [0, 0.1) is 5.92 Å². The molecule has 0 amide bonds. The van der Waals surface area contributed by atoms with E-state index >= 15 is 0 Å². The van der Waals surface area contributed by atoms with E-state index in [1.807, 2.05) is 42.7 Å². The SMILES string of the molecule is c1ccc(-c2ncc(NCC3CCCOC3)cn2)cc1. The van der Waals surface area contributed by atoms with Crippen LogP contribution >= 0.6 is 0 Å². The van der Waals surface area contributed by atoms with Crippen molar-refractivity contribution in [3.63, 3.8) is 0 Å². The number of hydrogen-bond donors (Lipinski definition) is 1. The second-order valence-corrected chi connectivity index (χ2v) is 5.13. The van der Waals surface area contributed by atoms with Crippen LogP contribution in [0.3, 0.4) is 0 Å². The van der Waals surface area contributed by atoms with Crippen molar-refractivity contribution in [1.29, 1.82) is 0 Å². The Morgan fingerprint density at radius 3 is 2.65 bits per heavy atom. The third kappa shape index (κ3) is 3.33. The molecule has 0 aliphatic carbocycles. The smallest absolute Gasteiger partial charge is 0.159 e. The second-order valence-electron chi connectivity index (χ2n) is 5.13. The summed E-state index contributed by atoms with van der Waals surface area (Å²) >= 11 is 0. The van der Waals surface area contributed by atoms with Crippen LogP contribution in [0.25, 0.3) is 11.4 Å². The van der Waals surface area contributed by atoms with E-state index < -0.39 is 0 Å². The summed E-state index contributed by atoms with van der Waals surface area (Å²) in [4.78, 5) is 8.82. The number of benzene rings is 1. The Kier molecular flexibility index (Phi) is 4.23. The summed E-state index contributed by atoms with van der Waals surface area (Å²) in [6.07, 6.45) is 6.09. The van der Waals surface area contributed by atoms with E-state index in [4.69, 9.17) is 4.74 Å². The number of rotatable bonds is 4. The van der Waals surface area contributed by atoms with E-state index in [9.17, 15) is 0 Å². The Labute approximate surface area is 119 Å². The highest BCUT2D eigenvalue weighted by atomic mass is 16.5. The van der Waals surface area contributed by atoms with E-state index in [-0.39, 0.29) is 0 Å². The molecule has 0 spiro atoms. The zero-order valence-electron chi connectivity index (χ0n) is 11.5. The van der Waals surface area contributed by atoms with Crippen LogP contribution in [0.15, 0.2) is 42.7 Å². The molecular formula is C16H19N3O. The van der Waals surface area contributed by atoms with Crippen LogP contribution in [0.4, 0.5) is 5.69 Å². The van der Waals surface area contributed by atoms with Gasteiger partial charge >= 0.3 is 0 Å². The molecule has 1 N–H and O–H groups in total. The number of aromatic nitrogens is 2. The highest BCUT2D eigenvalue weighted by Gasteiger charge is 2.13. The zero-order valence-corrected chi connectivity index (χ0v) is 11.5. The van der Waals surface area contributed by atoms with Gasteiger partial charge in [0.05, 0.1) is 24.7 Å². The molecule has 1 saturated heterocycles. The van der Waals surface area contributed by atoms with Crippen molar-refractivity contribution in [2.75, 3.05) is 25.1 Å². The normalized spacial score (nSPS) is 18.7. The van der Waals surface area contributed by atoms with Crippen molar-refractivity contribution in [2.45, 2.75) is 12.8 Å². The molecule has 1 unspecified atom stereocenters. The molecule has 4 heteroatoms. The van der Waals surface area contributed by atoms with Gasteiger partial charge in [-0.05, 0) is 18.8 Å². The Morgan fingerprint density at radius 2 is 1.95 bits per heavy atom. The zero-order chi connectivity index (χ0) is 13.6. The average Bonchev–Trinajstić information content (AvgIpc) is 2.55.